The molecule has 0 saturated heterocycles. The van der Waals surface area contributed by atoms with E-state index in [2.05, 4.69) is 5.10 Å². The van der Waals surface area contributed by atoms with Crippen LogP contribution in [0.25, 0.3) is 0 Å². The third-order valence-corrected chi connectivity index (χ3v) is 5.57. The number of ether oxygens (including phenoxy) is 1. The zero-order valence-electron chi connectivity index (χ0n) is 15.0. The van der Waals surface area contributed by atoms with E-state index < -0.39 is 6.10 Å². The van der Waals surface area contributed by atoms with Crippen molar-refractivity contribution in [3.8, 4) is 0 Å². The molecule has 0 aliphatic rings. The van der Waals surface area contributed by atoms with Crippen molar-refractivity contribution in [2.75, 3.05) is 7.11 Å². The van der Waals surface area contributed by atoms with Gasteiger partial charge in [0.05, 0.1) is 12.3 Å². The molecule has 1 atom stereocenters. The largest absolute Gasteiger partial charge is 0.383 e. The number of nitrogens with zero attached hydrogens (tertiary/aromatic N) is 2. The van der Waals surface area contributed by atoms with Crippen LogP contribution in [0.15, 0.2) is 58.5 Å². The maximum Gasteiger partial charge on any atom is 0.109 e. The minimum absolute atomic E-state index is 0.316. The molecule has 27 heavy (non-hydrogen) atoms. The van der Waals surface area contributed by atoms with Gasteiger partial charge in [-0.15, -0.1) is 0 Å². The Kier molecular flexibility index (Phi) is 6.84. The summed E-state index contributed by atoms with van der Waals surface area (Å²) in [7, 11) is 1.62. The first-order valence-corrected chi connectivity index (χ1v) is 10.1. The molecule has 0 bridgehead atoms. The lowest BCUT2D eigenvalue weighted by atomic mass is 10.0. The topological polar surface area (TPSA) is 47.3 Å². The molecule has 3 aromatic rings. The number of aromatic nitrogens is 2. The minimum Gasteiger partial charge on any atom is -0.383 e. The Morgan fingerprint density at radius 2 is 1.81 bits per heavy atom. The van der Waals surface area contributed by atoms with Gasteiger partial charge in [0.1, 0.15) is 11.1 Å². The molecule has 0 aliphatic heterocycles. The number of methoxy groups -OCH3 is 1. The monoisotopic (exact) mass is 422 g/mol. The number of halogens is 2. The summed E-state index contributed by atoms with van der Waals surface area (Å²) in [6.45, 7) is 2.99. The molecule has 1 unspecified atom stereocenters. The van der Waals surface area contributed by atoms with Crippen molar-refractivity contribution in [1.82, 2.24) is 9.78 Å². The second kappa shape index (κ2) is 9.13. The number of hydrogen-bond acceptors (Lipinski definition) is 4. The third-order valence-electron chi connectivity index (χ3n) is 4.04. The summed E-state index contributed by atoms with van der Waals surface area (Å²) in [6, 6.07) is 14.9. The highest BCUT2D eigenvalue weighted by atomic mass is 35.5. The van der Waals surface area contributed by atoms with E-state index in [-0.39, 0.29) is 0 Å². The Hall–Kier alpha value is -1.50. The molecule has 0 spiro atoms. The maximum absolute atomic E-state index is 11.1. The Balaban J connectivity index is 2.10. The molecule has 3 rings (SSSR count). The van der Waals surface area contributed by atoms with Gasteiger partial charge < -0.3 is 9.84 Å². The average Bonchev–Trinajstić information content (AvgIpc) is 2.98. The van der Waals surface area contributed by atoms with Gasteiger partial charge in [0, 0.05) is 34.2 Å². The van der Waals surface area contributed by atoms with Gasteiger partial charge in [0.15, 0.2) is 0 Å². The van der Waals surface area contributed by atoms with Crippen molar-refractivity contribution in [3.05, 3.63) is 75.4 Å². The molecule has 0 amide bonds. The normalized spacial score (nSPS) is 12.3. The van der Waals surface area contributed by atoms with E-state index in [1.165, 1.54) is 11.8 Å². The van der Waals surface area contributed by atoms with Gasteiger partial charge in [-0.3, -0.25) is 4.68 Å². The molecule has 1 aromatic heterocycles. The fourth-order valence-electron chi connectivity index (χ4n) is 2.85. The molecule has 0 saturated carbocycles. The van der Waals surface area contributed by atoms with E-state index in [1.807, 2.05) is 54.1 Å². The van der Waals surface area contributed by atoms with Crippen LogP contribution in [0.2, 0.25) is 10.0 Å². The quantitative estimate of drug-likeness (QED) is 0.538. The highest BCUT2D eigenvalue weighted by Crippen LogP contribution is 2.39. The van der Waals surface area contributed by atoms with Crippen LogP contribution in [0.1, 0.15) is 29.8 Å². The second-order valence-electron chi connectivity index (χ2n) is 5.93. The van der Waals surface area contributed by atoms with Crippen molar-refractivity contribution >= 4 is 35.0 Å². The first-order valence-electron chi connectivity index (χ1n) is 8.49. The number of rotatable bonds is 7. The van der Waals surface area contributed by atoms with Crippen LogP contribution in [0, 0.1) is 0 Å². The number of hydrogen-bond donors (Lipinski definition) is 1. The predicted octanol–water partition coefficient (Wildman–Crippen LogP) is 5.59. The molecule has 1 heterocycles. The van der Waals surface area contributed by atoms with Crippen molar-refractivity contribution in [2.24, 2.45) is 0 Å². The average molecular weight is 423 g/mol. The molecule has 0 radical (unpaired) electrons. The number of aliphatic hydroxyl groups excluding tert-OH is 1. The Morgan fingerprint density at radius 3 is 2.41 bits per heavy atom. The van der Waals surface area contributed by atoms with Crippen LogP contribution < -0.4 is 0 Å². The summed E-state index contributed by atoms with van der Waals surface area (Å²) in [5, 5.41) is 17.7. The molecule has 4 nitrogen and oxygen atoms in total. The number of benzene rings is 2. The molecule has 7 heteroatoms. The van der Waals surface area contributed by atoms with Crippen LogP contribution in [-0.2, 0) is 17.9 Å². The Morgan fingerprint density at radius 1 is 1.15 bits per heavy atom. The first kappa shape index (κ1) is 20.2. The van der Waals surface area contributed by atoms with E-state index in [9.17, 15) is 5.11 Å². The number of aliphatic hydroxyl groups is 1. The van der Waals surface area contributed by atoms with Gasteiger partial charge in [0.2, 0.25) is 0 Å². The summed E-state index contributed by atoms with van der Waals surface area (Å²) in [6.07, 6.45) is -0.811. The van der Waals surface area contributed by atoms with Crippen LogP contribution in [0.5, 0.6) is 0 Å². The lowest BCUT2D eigenvalue weighted by Crippen LogP contribution is -2.04. The zero-order chi connectivity index (χ0) is 19.4. The lowest BCUT2D eigenvalue weighted by Gasteiger charge is -2.15. The van der Waals surface area contributed by atoms with E-state index in [1.54, 1.807) is 13.2 Å². The Bertz CT molecular complexity index is 896. The van der Waals surface area contributed by atoms with Gasteiger partial charge in [-0.05, 0) is 30.7 Å². The van der Waals surface area contributed by atoms with Crippen LogP contribution >= 0.6 is 35.0 Å². The zero-order valence-corrected chi connectivity index (χ0v) is 17.4. The summed E-state index contributed by atoms with van der Waals surface area (Å²) in [5.74, 6) is 0. The molecular weight excluding hydrogens is 403 g/mol. The van der Waals surface area contributed by atoms with Crippen molar-refractivity contribution < 1.29 is 9.84 Å². The van der Waals surface area contributed by atoms with Gasteiger partial charge in [0.25, 0.3) is 0 Å². The summed E-state index contributed by atoms with van der Waals surface area (Å²) in [4.78, 5) is 0.882. The van der Waals surface area contributed by atoms with Crippen LogP contribution in [0.4, 0.5) is 0 Å². The van der Waals surface area contributed by atoms with E-state index in [0.717, 1.165) is 21.0 Å². The smallest absolute Gasteiger partial charge is 0.109 e. The van der Waals surface area contributed by atoms with Gasteiger partial charge in [-0.25, -0.2) is 0 Å². The van der Waals surface area contributed by atoms with Gasteiger partial charge in [-0.2, -0.15) is 5.10 Å². The lowest BCUT2D eigenvalue weighted by molar-refractivity contribution is 0.172. The predicted molar refractivity (Wildman–Crippen MR) is 110 cm³/mol. The highest BCUT2D eigenvalue weighted by molar-refractivity contribution is 7.99. The van der Waals surface area contributed by atoms with E-state index in [4.69, 9.17) is 27.9 Å². The summed E-state index contributed by atoms with van der Waals surface area (Å²) in [5.41, 5.74) is 2.26. The fourth-order valence-corrected chi connectivity index (χ4v) is 4.71. The maximum atomic E-state index is 11.1. The van der Waals surface area contributed by atoms with Crippen LogP contribution in [0.3, 0.4) is 0 Å². The summed E-state index contributed by atoms with van der Waals surface area (Å²) < 4.78 is 7.19. The third kappa shape index (κ3) is 4.68. The minimum atomic E-state index is -0.811. The molecule has 142 valence electrons. The van der Waals surface area contributed by atoms with E-state index in [0.29, 0.717) is 28.9 Å². The second-order valence-corrected chi connectivity index (χ2v) is 7.87. The number of aryl methyl sites for hydroxylation is 1. The van der Waals surface area contributed by atoms with E-state index >= 15 is 0 Å². The SMILES string of the molecule is CCn1nc(COC)c(C(O)c2ccccc2)c1Sc1cc(Cl)cc(Cl)c1. The molecule has 0 fully saturated rings. The standard InChI is InChI=1S/C20H20Cl2N2O2S/c1-3-24-20(27-16-10-14(21)9-15(22)11-16)18(17(23-24)12-26-2)19(25)13-7-5-4-6-8-13/h4-11,19,25H,3,12H2,1-2H3. The molecule has 0 aliphatic carbocycles. The van der Waals surface area contributed by atoms with Crippen molar-refractivity contribution in [1.29, 1.82) is 0 Å². The van der Waals surface area contributed by atoms with Crippen LogP contribution in [-0.4, -0.2) is 22.0 Å². The van der Waals surface area contributed by atoms with Crippen molar-refractivity contribution in [3.63, 3.8) is 0 Å². The molecule has 2 aromatic carbocycles. The van der Waals surface area contributed by atoms with Crippen molar-refractivity contribution in [2.45, 2.75) is 36.1 Å². The Labute approximate surface area is 173 Å². The fraction of sp³-hybridized carbons (Fsp3) is 0.250. The molecular formula is C20H20Cl2N2O2S. The summed E-state index contributed by atoms with van der Waals surface area (Å²) >= 11 is 13.8. The van der Waals surface area contributed by atoms with Gasteiger partial charge >= 0.3 is 0 Å². The van der Waals surface area contributed by atoms with Gasteiger partial charge in [-0.1, -0.05) is 65.3 Å². The highest BCUT2D eigenvalue weighted by Gasteiger charge is 2.25. The first-order chi connectivity index (χ1) is 13.0. The molecule has 1 N–H and O–H groups in total.